The zero-order valence-corrected chi connectivity index (χ0v) is 27.9. The van der Waals surface area contributed by atoms with Crippen molar-refractivity contribution in [3.63, 3.8) is 0 Å². The molecule has 3 rings (SSSR count). The molecule has 3 aromatic rings. The molecule has 256 valence electrons. The molecule has 0 heterocycles. The first kappa shape index (κ1) is 36.8. The Hall–Kier alpha value is -5.66. The average molecular weight is 666 g/mol. The summed E-state index contributed by atoms with van der Waals surface area (Å²) < 4.78 is 16.0. The van der Waals surface area contributed by atoms with E-state index in [2.05, 4.69) is 0 Å². The van der Waals surface area contributed by atoms with Crippen molar-refractivity contribution >= 4 is 29.4 Å². The van der Waals surface area contributed by atoms with Crippen LogP contribution >= 0.6 is 0 Å². The minimum absolute atomic E-state index is 0.153. The second kappa shape index (κ2) is 15.3. The Kier molecular flexibility index (Phi) is 11.7. The third-order valence-electron chi connectivity index (χ3n) is 7.07. The minimum Gasteiger partial charge on any atom is -0.496 e. The first-order chi connectivity index (χ1) is 22.5. The number of nitro benzene ring substituents is 1. The lowest BCUT2D eigenvalue weighted by atomic mass is 10.0. The molecular weight excluding hydrogens is 626 g/mol. The van der Waals surface area contributed by atoms with E-state index in [9.17, 15) is 34.4 Å². The number of benzene rings is 3. The molecule has 3 aromatic carbocycles. The zero-order valence-electron chi connectivity index (χ0n) is 27.9. The van der Waals surface area contributed by atoms with E-state index >= 15 is 0 Å². The van der Waals surface area contributed by atoms with E-state index in [-0.39, 0.29) is 22.4 Å². The minimum atomic E-state index is -1.39. The number of hydrogen-bond acceptors (Lipinski definition) is 9. The number of nitrogens with zero attached hydrogens (tertiary/aromatic N) is 3. The fourth-order valence-electron chi connectivity index (χ4n) is 5.24. The molecule has 0 aliphatic heterocycles. The smallest absolute Gasteiger partial charge is 0.341 e. The van der Waals surface area contributed by atoms with E-state index in [1.54, 1.807) is 51.1 Å². The molecule has 0 unspecified atom stereocenters. The summed E-state index contributed by atoms with van der Waals surface area (Å²) in [5, 5.41) is 33.1. The molecule has 14 heteroatoms. The van der Waals surface area contributed by atoms with Crippen LogP contribution in [0.2, 0.25) is 0 Å². The van der Waals surface area contributed by atoms with Gasteiger partial charge in [0.1, 0.15) is 5.75 Å². The number of amides is 2. The quantitative estimate of drug-likeness (QED) is 0.180. The molecule has 48 heavy (non-hydrogen) atoms. The molecule has 0 spiro atoms. The first-order valence-electron chi connectivity index (χ1n) is 14.9. The van der Waals surface area contributed by atoms with Crippen molar-refractivity contribution in [1.29, 1.82) is 0 Å². The lowest BCUT2D eigenvalue weighted by Gasteiger charge is -2.44. The largest absolute Gasteiger partial charge is 0.496 e. The van der Waals surface area contributed by atoms with Crippen LogP contribution in [-0.2, 0) is 22.6 Å². The number of hydrazine groups is 1. The Morgan fingerprint density at radius 2 is 1.42 bits per heavy atom. The highest BCUT2D eigenvalue weighted by atomic mass is 16.6. The van der Waals surface area contributed by atoms with E-state index < -0.39 is 65.4 Å². The fourth-order valence-corrected chi connectivity index (χ4v) is 5.24. The SMILES string of the molecule is CCc1c(OC)cccc1C(=O)N(Cc1cc(OCC(=O)O)c(OCC(=O)O)cc1[N+](=O)[O-])N(C(=O)c1cc(C)cc(C)c1)C(C)(C)C. The van der Waals surface area contributed by atoms with Crippen molar-refractivity contribution in [2.24, 2.45) is 0 Å². The highest BCUT2D eigenvalue weighted by molar-refractivity contribution is 6.00. The Morgan fingerprint density at radius 1 is 0.854 bits per heavy atom. The highest BCUT2D eigenvalue weighted by Gasteiger charge is 2.38. The van der Waals surface area contributed by atoms with Crippen molar-refractivity contribution in [1.82, 2.24) is 10.0 Å². The molecule has 0 bridgehead atoms. The van der Waals surface area contributed by atoms with E-state index in [0.717, 1.165) is 28.3 Å². The molecular formula is C34H39N3O11. The molecule has 0 fully saturated rings. The predicted octanol–water partition coefficient (Wildman–Crippen LogP) is 5.21. The molecule has 0 aliphatic rings. The van der Waals surface area contributed by atoms with Crippen LogP contribution in [0.25, 0.3) is 0 Å². The van der Waals surface area contributed by atoms with Crippen LogP contribution in [0.4, 0.5) is 5.69 Å². The third kappa shape index (κ3) is 8.78. The topological polar surface area (TPSA) is 186 Å². The van der Waals surface area contributed by atoms with Crippen LogP contribution < -0.4 is 14.2 Å². The van der Waals surface area contributed by atoms with Crippen molar-refractivity contribution in [2.75, 3.05) is 20.3 Å². The van der Waals surface area contributed by atoms with Gasteiger partial charge in [-0.05, 0) is 71.4 Å². The van der Waals surface area contributed by atoms with Crippen LogP contribution in [0, 0.1) is 24.0 Å². The maximum absolute atomic E-state index is 14.7. The maximum Gasteiger partial charge on any atom is 0.341 e. The average Bonchev–Trinajstić information content (AvgIpc) is 3.00. The Morgan fingerprint density at radius 3 is 1.90 bits per heavy atom. The number of hydrogen-bond donors (Lipinski definition) is 2. The number of carbonyl (C=O) groups is 4. The van der Waals surface area contributed by atoms with Gasteiger partial charge >= 0.3 is 11.9 Å². The standard InChI is InChI=1S/C34H39N3O11/c1-8-24-25(10-9-11-27(24)46-7)33(43)35(36(34(4,5)6)32(42)22-13-20(2)12-21(3)14-22)17-23-15-28(47-18-30(38)39)29(48-19-31(40)41)16-26(23)37(44)45/h9-16H,8,17-19H2,1-7H3,(H,38,39)(H,40,41). The number of aryl methyl sites for hydroxylation is 2. The van der Waals surface area contributed by atoms with E-state index in [4.69, 9.17) is 19.3 Å². The van der Waals surface area contributed by atoms with Gasteiger partial charge in [0.25, 0.3) is 17.5 Å². The lowest BCUT2D eigenvalue weighted by molar-refractivity contribution is -0.385. The molecule has 0 aliphatic carbocycles. The molecule has 2 amide bonds. The predicted molar refractivity (Wildman–Crippen MR) is 173 cm³/mol. The summed E-state index contributed by atoms with van der Waals surface area (Å²) in [6, 6.07) is 12.1. The van der Waals surface area contributed by atoms with Crippen LogP contribution in [0.5, 0.6) is 17.2 Å². The second-order valence-corrected chi connectivity index (χ2v) is 11.9. The summed E-state index contributed by atoms with van der Waals surface area (Å²) in [4.78, 5) is 63.3. The normalized spacial score (nSPS) is 11.0. The van der Waals surface area contributed by atoms with Gasteiger partial charge < -0.3 is 24.4 Å². The van der Waals surface area contributed by atoms with Gasteiger partial charge in [-0.25, -0.2) is 19.6 Å². The second-order valence-electron chi connectivity index (χ2n) is 11.9. The molecule has 14 nitrogen and oxygen atoms in total. The number of methoxy groups -OCH3 is 1. The van der Waals surface area contributed by atoms with Gasteiger partial charge in [-0.3, -0.25) is 19.7 Å². The number of carboxylic acids is 2. The summed E-state index contributed by atoms with van der Waals surface area (Å²) in [5.41, 5.74) is 0.796. The van der Waals surface area contributed by atoms with Gasteiger partial charge in [0.05, 0.1) is 35.7 Å². The summed E-state index contributed by atoms with van der Waals surface area (Å²) in [6.07, 6.45) is 0.377. The number of carbonyl (C=O) groups excluding carboxylic acids is 2. The summed E-state index contributed by atoms with van der Waals surface area (Å²) >= 11 is 0. The Bertz CT molecular complexity index is 1710. The Labute approximate surface area is 277 Å². The number of rotatable bonds is 13. The first-order valence-corrected chi connectivity index (χ1v) is 14.9. The van der Waals surface area contributed by atoms with E-state index in [1.165, 1.54) is 12.1 Å². The van der Waals surface area contributed by atoms with E-state index in [0.29, 0.717) is 17.7 Å². The summed E-state index contributed by atoms with van der Waals surface area (Å²) in [5.74, 6) is -4.28. The van der Waals surface area contributed by atoms with Gasteiger partial charge in [-0.15, -0.1) is 0 Å². The van der Waals surface area contributed by atoms with Gasteiger partial charge in [-0.2, -0.15) is 0 Å². The van der Waals surface area contributed by atoms with Crippen LogP contribution in [0.15, 0.2) is 48.5 Å². The van der Waals surface area contributed by atoms with Crippen LogP contribution in [0.3, 0.4) is 0 Å². The van der Waals surface area contributed by atoms with Gasteiger partial charge in [0.2, 0.25) is 0 Å². The highest BCUT2D eigenvalue weighted by Crippen LogP contribution is 2.37. The van der Waals surface area contributed by atoms with Crippen molar-refractivity contribution in [3.05, 3.63) is 92.0 Å². The third-order valence-corrected chi connectivity index (χ3v) is 7.07. The number of nitro groups is 1. The molecule has 0 radical (unpaired) electrons. The zero-order chi connectivity index (χ0) is 35.9. The molecule has 0 saturated heterocycles. The Balaban J connectivity index is 2.35. The monoisotopic (exact) mass is 665 g/mol. The molecule has 0 aromatic heterocycles. The fraction of sp³-hybridized carbons (Fsp3) is 0.353. The van der Waals surface area contributed by atoms with Gasteiger partial charge in [-0.1, -0.05) is 30.2 Å². The van der Waals surface area contributed by atoms with E-state index in [1.807, 2.05) is 26.8 Å². The van der Waals surface area contributed by atoms with Crippen LogP contribution in [-0.4, -0.2) is 74.8 Å². The molecule has 0 saturated carbocycles. The maximum atomic E-state index is 14.7. The number of carboxylic acid groups (broad SMARTS) is 2. The molecule has 0 atom stereocenters. The van der Waals surface area contributed by atoms with Gasteiger partial charge in [0, 0.05) is 16.7 Å². The summed E-state index contributed by atoms with van der Waals surface area (Å²) in [6.45, 7) is 8.26. The van der Waals surface area contributed by atoms with Gasteiger partial charge in [0.15, 0.2) is 24.7 Å². The number of aliphatic carboxylic acids is 2. The van der Waals surface area contributed by atoms with Crippen molar-refractivity contribution in [3.8, 4) is 17.2 Å². The van der Waals surface area contributed by atoms with Crippen molar-refractivity contribution in [2.45, 2.75) is 60.0 Å². The molecule has 2 N–H and O–H groups in total. The lowest BCUT2D eigenvalue weighted by Crippen LogP contribution is -2.58. The van der Waals surface area contributed by atoms with Crippen LogP contribution in [0.1, 0.15) is 70.7 Å². The summed E-state index contributed by atoms with van der Waals surface area (Å²) in [7, 11) is 1.46. The number of ether oxygens (including phenoxy) is 3. The van der Waals surface area contributed by atoms with Crippen molar-refractivity contribution < 1.29 is 48.5 Å².